The maximum absolute atomic E-state index is 15.1. The van der Waals surface area contributed by atoms with Gasteiger partial charge in [0, 0.05) is 124 Å². The number of likely N-dealkylation sites (tertiary alicyclic amines) is 1. The van der Waals surface area contributed by atoms with Crippen molar-refractivity contribution < 1.29 is 96.7 Å². The first-order valence-electron chi connectivity index (χ1n) is 39.6. The number of carboxylic acids is 2. The van der Waals surface area contributed by atoms with Crippen molar-refractivity contribution in [1.29, 1.82) is 0 Å². The average Bonchev–Trinajstić information content (AvgIpc) is 1.22. The number of nitrogens with one attached hydrogen (secondary N) is 4. The third-order valence-corrected chi connectivity index (χ3v) is 23.5. The van der Waals surface area contributed by atoms with Crippen LogP contribution in [0.4, 0.5) is 4.79 Å². The standard InChI is InChI=1S/C82H121N7O20S3/c1-11-22-75(99)108-51-89(80(103)67(53(5)12-2)48-72(96)69-26-18-19-39-88(69)10)70(52(3)4)49-73(109-57(9)90)79-85-68(50-110-79)78(102)84-62(45-59-34-37-64(92)38-35-59)43-54(6)77(101)86-87-82(106)107-40-42-112-111-41-21-27-71(95)56(8)83-76(100)55(7)44-66(94)46-60-31-29-58(30-32-60)33-36-63(91)24-16-14-13-15-17-25-65(93)47-61(81(104)105)23-20-28-74(97)98/h29-32,34-35,37-38,50,52-56,61-62,67,69-70,73,92H,11-28,33,36,39-49,51H2,1-10H3,(H,83,100)(H,84,102)(H,86,101)(H,87,106)(H,97,98)(H,104,105)/t53?,54-,55+,56-,61-,62+,67-,69+,70+,73+/m0/s1. The molecule has 0 spiro atoms. The summed E-state index contributed by atoms with van der Waals surface area (Å²) in [6.45, 7) is 16.0. The van der Waals surface area contributed by atoms with Crippen LogP contribution in [-0.2, 0) is 91.0 Å². The van der Waals surface area contributed by atoms with Gasteiger partial charge in [-0.15, -0.1) is 11.3 Å². The lowest BCUT2D eigenvalue weighted by molar-refractivity contribution is -0.162. The number of aryl methyl sites for hydroxylation is 1. The third kappa shape index (κ3) is 37.2. The number of likely N-dealkylation sites (N-methyl/N-ethyl adjacent to an activating group) is 1. The molecule has 1 aliphatic rings. The quantitative estimate of drug-likeness (QED) is 0.00689. The molecule has 5 amide bonds. The monoisotopic (exact) mass is 1620 g/mol. The Morgan fingerprint density at radius 1 is 0.679 bits per heavy atom. The number of carboxylic acid groups (broad SMARTS) is 2. The van der Waals surface area contributed by atoms with E-state index in [0.717, 1.165) is 73.1 Å². The Hall–Kier alpha value is -8.09. The molecule has 1 unspecified atom stereocenters. The Morgan fingerprint density at radius 2 is 1.34 bits per heavy atom. The van der Waals surface area contributed by atoms with Gasteiger partial charge in [0.15, 0.2) is 24.4 Å². The van der Waals surface area contributed by atoms with E-state index >= 15 is 4.79 Å². The highest BCUT2D eigenvalue weighted by Gasteiger charge is 2.40. The second-order valence-corrected chi connectivity index (χ2v) is 33.5. The van der Waals surface area contributed by atoms with E-state index in [2.05, 4.69) is 26.5 Å². The number of rotatable bonds is 56. The zero-order valence-corrected chi connectivity index (χ0v) is 69.5. The molecular formula is C82H121N7O20S3. The summed E-state index contributed by atoms with van der Waals surface area (Å²) in [5.74, 6) is -8.08. The summed E-state index contributed by atoms with van der Waals surface area (Å²) in [5.41, 5.74) is 7.08. The third-order valence-electron chi connectivity index (χ3n) is 20.2. The number of Topliss-reactive ketones (excluding diaryl/α,β-unsaturated/α-hetero) is 5. The lowest BCUT2D eigenvalue weighted by atomic mass is 9.82. The molecule has 10 atom stereocenters. The fourth-order valence-corrected chi connectivity index (χ4v) is 16.0. The van der Waals surface area contributed by atoms with Gasteiger partial charge in [0.05, 0.1) is 18.0 Å². The molecule has 622 valence electrons. The number of carbonyl (C=O) groups is 14. The van der Waals surface area contributed by atoms with Crippen LogP contribution in [0.15, 0.2) is 53.9 Å². The summed E-state index contributed by atoms with van der Waals surface area (Å²) in [6, 6.07) is 11.3. The van der Waals surface area contributed by atoms with Crippen molar-refractivity contribution in [3.8, 4) is 5.75 Å². The van der Waals surface area contributed by atoms with E-state index in [-0.39, 0.29) is 159 Å². The molecule has 2 heterocycles. The first-order valence-corrected chi connectivity index (χ1v) is 42.9. The van der Waals surface area contributed by atoms with Crippen molar-refractivity contribution in [3.63, 3.8) is 0 Å². The van der Waals surface area contributed by atoms with Crippen molar-refractivity contribution in [2.75, 3.05) is 38.4 Å². The van der Waals surface area contributed by atoms with Crippen LogP contribution in [0.3, 0.4) is 0 Å². The van der Waals surface area contributed by atoms with Crippen molar-refractivity contribution in [3.05, 3.63) is 81.3 Å². The molecule has 1 fully saturated rings. The second kappa shape index (κ2) is 52.3. The first kappa shape index (κ1) is 96.3. The predicted molar refractivity (Wildman–Crippen MR) is 428 cm³/mol. The normalized spacial score (nSPS) is 15.3. The van der Waals surface area contributed by atoms with Crippen molar-refractivity contribution in [2.24, 2.45) is 35.5 Å². The zero-order chi connectivity index (χ0) is 82.8. The Balaban J connectivity index is 1.17. The summed E-state index contributed by atoms with van der Waals surface area (Å²) in [7, 11) is 4.81. The van der Waals surface area contributed by atoms with Crippen LogP contribution in [0.2, 0.25) is 0 Å². The number of phenolic OH excluding ortho intramolecular Hbond substituents is 1. The van der Waals surface area contributed by atoms with Gasteiger partial charge in [0.25, 0.3) is 5.91 Å². The summed E-state index contributed by atoms with van der Waals surface area (Å²) in [4.78, 5) is 190. The number of amides is 5. The number of piperidine rings is 1. The topological polar surface area (TPSA) is 395 Å². The van der Waals surface area contributed by atoms with Crippen molar-refractivity contribution >= 4 is 115 Å². The minimum absolute atomic E-state index is 0.00245. The fourth-order valence-electron chi connectivity index (χ4n) is 13.3. The van der Waals surface area contributed by atoms with Crippen LogP contribution in [-0.4, -0.2) is 175 Å². The molecule has 0 saturated carbocycles. The number of unbranched alkanes of at least 4 members (excludes halogenated alkanes) is 4. The van der Waals surface area contributed by atoms with Gasteiger partial charge in [-0.05, 0) is 132 Å². The average molecular weight is 1620 g/mol. The van der Waals surface area contributed by atoms with Crippen LogP contribution >= 0.6 is 32.9 Å². The highest BCUT2D eigenvalue weighted by Crippen LogP contribution is 2.35. The van der Waals surface area contributed by atoms with Gasteiger partial charge in [-0.3, -0.25) is 72.7 Å². The van der Waals surface area contributed by atoms with Crippen LogP contribution in [0, 0.1) is 35.5 Å². The Labute approximate surface area is 671 Å². The van der Waals surface area contributed by atoms with Gasteiger partial charge in [-0.25, -0.2) is 15.2 Å². The van der Waals surface area contributed by atoms with E-state index in [1.54, 1.807) is 32.9 Å². The second-order valence-electron chi connectivity index (χ2n) is 30.0. The summed E-state index contributed by atoms with van der Waals surface area (Å²) in [6.07, 6.45) is 8.61. The highest BCUT2D eigenvalue weighted by atomic mass is 33.1. The number of thiazole rings is 1. The number of ketones is 5. The largest absolute Gasteiger partial charge is 0.508 e. The molecule has 27 nitrogen and oxygen atoms in total. The lowest BCUT2D eigenvalue weighted by Gasteiger charge is -2.39. The number of ether oxygens (including phenoxy) is 3. The van der Waals surface area contributed by atoms with Crippen molar-refractivity contribution in [1.82, 2.24) is 36.3 Å². The zero-order valence-electron chi connectivity index (χ0n) is 67.0. The number of nitrogens with zero attached hydrogens (tertiary/aromatic N) is 3. The molecule has 30 heteroatoms. The highest BCUT2D eigenvalue weighted by molar-refractivity contribution is 8.76. The predicted octanol–water partition coefficient (Wildman–Crippen LogP) is 12.4. The number of aromatic hydroxyl groups is 1. The Morgan fingerprint density at radius 3 is 1.98 bits per heavy atom. The maximum atomic E-state index is 15.1. The Bertz CT molecular complexity index is 3540. The van der Waals surface area contributed by atoms with E-state index in [4.69, 9.17) is 19.3 Å². The number of aromatic nitrogens is 1. The number of aliphatic carboxylic acids is 2. The summed E-state index contributed by atoms with van der Waals surface area (Å²) >= 11 is 1.07. The maximum Gasteiger partial charge on any atom is 0.426 e. The molecule has 0 bridgehead atoms. The van der Waals surface area contributed by atoms with Crippen LogP contribution in [0.25, 0.3) is 0 Å². The lowest BCUT2D eigenvalue weighted by Crippen LogP contribution is -2.50. The number of hydrazine groups is 1. The molecule has 4 rings (SSSR count). The molecule has 2 aromatic carbocycles. The number of hydrogen-bond donors (Lipinski definition) is 7. The number of esters is 2. The molecule has 112 heavy (non-hydrogen) atoms. The number of carbonyl (C=O) groups excluding carboxylic acids is 12. The van der Waals surface area contributed by atoms with Gasteiger partial charge >= 0.3 is 30.0 Å². The van der Waals surface area contributed by atoms with Crippen LogP contribution in [0.1, 0.15) is 255 Å². The number of phenols is 1. The molecule has 0 radical (unpaired) electrons. The molecule has 1 aliphatic heterocycles. The number of benzene rings is 2. The molecule has 3 aromatic rings. The van der Waals surface area contributed by atoms with Gasteiger partial charge < -0.3 is 45.1 Å². The van der Waals surface area contributed by atoms with Gasteiger partial charge in [0.1, 0.15) is 40.4 Å². The van der Waals surface area contributed by atoms with Gasteiger partial charge in [-0.1, -0.05) is 139 Å². The minimum Gasteiger partial charge on any atom is -0.508 e. The smallest absolute Gasteiger partial charge is 0.426 e. The minimum atomic E-state index is -1.09. The van der Waals surface area contributed by atoms with E-state index in [1.165, 1.54) is 50.9 Å². The summed E-state index contributed by atoms with van der Waals surface area (Å²) in [5, 5.41) is 35.7. The van der Waals surface area contributed by atoms with Crippen molar-refractivity contribution in [2.45, 2.75) is 266 Å². The Kier molecular flexibility index (Phi) is 45.0. The summed E-state index contributed by atoms with van der Waals surface area (Å²) < 4.78 is 16.9. The van der Waals surface area contributed by atoms with Gasteiger partial charge in [-0.2, -0.15) is 0 Å². The van der Waals surface area contributed by atoms with Crippen LogP contribution in [0.5, 0.6) is 5.75 Å². The van der Waals surface area contributed by atoms with Crippen LogP contribution < -0.4 is 21.5 Å². The van der Waals surface area contributed by atoms with E-state index in [1.807, 2.05) is 70.8 Å². The fraction of sp³-hybridized carbons (Fsp3) is 0.646. The van der Waals surface area contributed by atoms with E-state index in [0.29, 0.717) is 62.9 Å². The van der Waals surface area contributed by atoms with Gasteiger partial charge in [0.2, 0.25) is 17.7 Å². The molecule has 1 aromatic heterocycles. The number of hydrogen-bond acceptors (Lipinski definition) is 23. The first-order chi connectivity index (χ1) is 53.3. The molecule has 1 saturated heterocycles. The SMILES string of the molecule is CCCC(=O)OCN(C(=O)[C@@H](CC(=O)[C@H]1CCCCN1C)C(C)CC)[C@H](C[C@@H](OC(C)=O)c1nc(C(=O)N[C@@H](Cc2ccc(O)cc2)C[C@H](C)C(=O)NNC(=O)OCCSSCCCC(=O)[C@H](C)NC(=O)[C@H](C)CC(=O)Cc2ccc(CCC(=O)CCCCCCCC(=O)C[C@H](CCCC(=O)O)C(=O)O)cc2)cs1)C(C)C. The molecular weight excluding hydrogens is 1500 g/mol. The molecule has 0 aliphatic carbocycles. The molecule has 7 N–H and O–H groups in total. The van der Waals surface area contributed by atoms with E-state index < -0.39 is 102 Å². The van der Waals surface area contributed by atoms with E-state index in [9.17, 15) is 72.5 Å².